The second-order valence-electron chi connectivity index (χ2n) is 4.00. The Morgan fingerprint density at radius 2 is 2.13 bits per heavy atom. The third kappa shape index (κ3) is 3.00. The van der Waals surface area contributed by atoms with Crippen LogP contribution in [0.5, 0.6) is 0 Å². The molecule has 1 aliphatic rings. The molecule has 0 aromatic carbocycles. The highest BCUT2D eigenvalue weighted by Crippen LogP contribution is 2.19. The fraction of sp³-hybridized carbons (Fsp3) is 0.727. The second-order valence-corrected chi connectivity index (χ2v) is 5.29. The van der Waals surface area contributed by atoms with E-state index in [0.29, 0.717) is 6.10 Å². The minimum atomic E-state index is 0.438. The van der Waals surface area contributed by atoms with Gasteiger partial charge in [-0.05, 0) is 39.8 Å². The van der Waals surface area contributed by atoms with Crippen LogP contribution in [0.2, 0.25) is 0 Å². The van der Waals surface area contributed by atoms with Crippen molar-refractivity contribution in [2.45, 2.75) is 39.4 Å². The maximum absolute atomic E-state index is 5.89. The predicted molar refractivity (Wildman–Crippen MR) is 62.3 cm³/mol. The van der Waals surface area contributed by atoms with Gasteiger partial charge in [-0.25, -0.2) is 4.98 Å². The molecule has 1 saturated heterocycles. The van der Waals surface area contributed by atoms with Gasteiger partial charge in [0.25, 0.3) is 0 Å². The molecule has 1 aromatic heterocycles. The van der Waals surface area contributed by atoms with Gasteiger partial charge in [-0.3, -0.25) is 0 Å². The van der Waals surface area contributed by atoms with E-state index in [2.05, 4.69) is 17.2 Å². The first kappa shape index (κ1) is 11.0. The lowest BCUT2D eigenvalue weighted by Crippen LogP contribution is -2.32. The Bertz CT molecular complexity index is 318. The van der Waals surface area contributed by atoms with Gasteiger partial charge in [0, 0.05) is 0 Å². The maximum Gasteiger partial charge on any atom is 0.0900 e. The van der Waals surface area contributed by atoms with E-state index in [1.54, 1.807) is 11.3 Å². The third-order valence-corrected chi connectivity index (χ3v) is 3.78. The van der Waals surface area contributed by atoms with Gasteiger partial charge >= 0.3 is 0 Å². The first-order valence-electron chi connectivity index (χ1n) is 5.51. The number of hydrogen-bond donors (Lipinski definition) is 1. The van der Waals surface area contributed by atoms with E-state index in [-0.39, 0.29) is 0 Å². The van der Waals surface area contributed by atoms with Gasteiger partial charge in [-0.15, -0.1) is 11.3 Å². The first-order chi connectivity index (χ1) is 7.25. The molecule has 0 radical (unpaired) electrons. The highest BCUT2D eigenvalue weighted by molar-refractivity contribution is 7.11. The molecule has 0 aliphatic carbocycles. The van der Waals surface area contributed by atoms with Crippen molar-refractivity contribution in [2.24, 2.45) is 0 Å². The number of hydrogen-bond acceptors (Lipinski definition) is 4. The quantitative estimate of drug-likeness (QED) is 0.856. The van der Waals surface area contributed by atoms with Crippen LogP contribution in [-0.4, -0.2) is 24.2 Å². The Morgan fingerprint density at radius 1 is 1.40 bits per heavy atom. The average molecular weight is 226 g/mol. The summed E-state index contributed by atoms with van der Waals surface area (Å²) >= 11 is 1.75. The number of nitrogens with zero attached hydrogens (tertiary/aromatic N) is 1. The molecule has 0 amide bonds. The highest BCUT2D eigenvalue weighted by Gasteiger charge is 2.14. The molecular weight excluding hydrogens is 208 g/mol. The zero-order valence-electron chi connectivity index (χ0n) is 9.38. The monoisotopic (exact) mass is 226 g/mol. The molecule has 84 valence electrons. The van der Waals surface area contributed by atoms with Gasteiger partial charge in [0.05, 0.1) is 28.3 Å². The standard InChI is InChI=1S/C11H18N2OS/c1-8-11(15-9(2)13-8)7-14-10-3-5-12-6-4-10/h10,12H,3-7H2,1-2H3. The summed E-state index contributed by atoms with van der Waals surface area (Å²) in [5.41, 5.74) is 1.13. The van der Waals surface area contributed by atoms with Crippen LogP contribution >= 0.6 is 11.3 Å². The average Bonchev–Trinajstić information content (AvgIpc) is 2.56. The van der Waals surface area contributed by atoms with Crippen LogP contribution in [0.4, 0.5) is 0 Å². The summed E-state index contributed by atoms with van der Waals surface area (Å²) in [5, 5.41) is 4.47. The Kier molecular flexibility index (Phi) is 3.72. The van der Waals surface area contributed by atoms with E-state index in [1.807, 2.05) is 6.92 Å². The van der Waals surface area contributed by atoms with E-state index in [4.69, 9.17) is 4.74 Å². The summed E-state index contributed by atoms with van der Waals surface area (Å²) in [7, 11) is 0. The first-order valence-corrected chi connectivity index (χ1v) is 6.32. The molecule has 15 heavy (non-hydrogen) atoms. The minimum Gasteiger partial charge on any atom is -0.373 e. The smallest absolute Gasteiger partial charge is 0.0900 e. The van der Waals surface area contributed by atoms with Crippen molar-refractivity contribution < 1.29 is 4.74 Å². The van der Waals surface area contributed by atoms with E-state index < -0.39 is 0 Å². The molecule has 0 bridgehead atoms. The van der Waals surface area contributed by atoms with Gasteiger partial charge in [0.15, 0.2) is 0 Å². The predicted octanol–water partition coefficient (Wildman–Crippen LogP) is 2.03. The Morgan fingerprint density at radius 3 is 2.73 bits per heavy atom. The zero-order valence-corrected chi connectivity index (χ0v) is 10.2. The van der Waals surface area contributed by atoms with Crippen LogP contribution in [0.3, 0.4) is 0 Å². The lowest BCUT2D eigenvalue weighted by atomic mass is 10.1. The van der Waals surface area contributed by atoms with Crippen LogP contribution in [-0.2, 0) is 11.3 Å². The van der Waals surface area contributed by atoms with Gasteiger partial charge in [-0.1, -0.05) is 0 Å². The van der Waals surface area contributed by atoms with E-state index in [0.717, 1.165) is 43.2 Å². The lowest BCUT2D eigenvalue weighted by molar-refractivity contribution is 0.0223. The molecule has 0 spiro atoms. The van der Waals surface area contributed by atoms with Gasteiger partial charge < -0.3 is 10.1 Å². The number of aryl methyl sites for hydroxylation is 2. The Hall–Kier alpha value is -0.450. The van der Waals surface area contributed by atoms with Crippen molar-refractivity contribution >= 4 is 11.3 Å². The minimum absolute atomic E-state index is 0.438. The summed E-state index contributed by atoms with van der Waals surface area (Å²) < 4.78 is 5.89. The van der Waals surface area contributed by atoms with Crippen LogP contribution in [0.1, 0.15) is 28.4 Å². The Labute approximate surface area is 94.9 Å². The maximum atomic E-state index is 5.89. The molecule has 1 fully saturated rings. The largest absolute Gasteiger partial charge is 0.373 e. The van der Waals surface area contributed by atoms with Crippen molar-refractivity contribution in [3.05, 3.63) is 15.6 Å². The molecule has 4 heteroatoms. The van der Waals surface area contributed by atoms with Crippen molar-refractivity contribution in [1.82, 2.24) is 10.3 Å². The van der Waals surface area contributed by atoms with Crippen LogP contribution in [0, 0.1) is 13.8 Å². The molecule has 1 N–H and O–H groups in total. The summed E-state index contributed by atoms with van der Waals surface area (Å²) in [6, 6.07) is 0. The SMILES string of the molecule is Cc1nc(C)c(COC2CCNCC2)s1. The van der Waals surface area contributed by atoms with E-state index in [9.17, 15) is 0 Å². The van der Waals surface area contributed by atoms with Crippen LogP contribution in [0.25, 0.3) is 0 Å². The fourth-order valence-corrected chi connectivity index (χ4v) is 2.72. The van der Waals surface area contributed by atoms with Gasteiger partial charge in [0.1, 0.15) is 0 Å². The normalized spacial score (nSPS) is 18.3. The number of nitrogens with one attached hydrogen (secondary N) is 1. The summed E-state index contributed by atoms with van der Waals surface area (Å²) in [6.07, 6.45) is 2.71. The number of thiazole rings is 1. The van der Waals surface area contributed by atoms with E-state index >= 15 is 0 Å². The van der Waals surface area contributed by atoms with Crippen LogP contribution < -0.4 is 5.32 Å². The second kappa shape index (κ2) is 5.05. The van der Waals surface area contributed by atoms with Crippen molar-refractivity contribution in [3.8, 4) is 0 Å². The summed E-state index contributed by atoms with van der Waals surface area (Å²) in [5.74, 6) is 0. The highest BCUT2D eigenvalue weighted by atomic mass is 32.1. The zero-order chi connectivity index (χ0) is 10.7. The Balaban J connectivity index is 1.84. The number of rotatable bonds is 3. The summed E-state index contributed by atoms with van der Waals surface area (Å²) in [6.45, 7) is 7.02. The van der Waals surface area contributed by atoms with Gasteiger partial charge in [-0.2, -0.15) is 0 Å². The van der Waals surface area contributed by atoms with Crippen molar-refractivity contribution in [2.75, 3.05) is 13.1 Å². The molecule has 2 rings (SSSR count). The fourth-order valence-electron chi connectivity index (χ4n) is 1.86. The van der Waals surface area contributed by atoms with Gasteiger partial charge in [0.2, 0.25) is 0 Å². The molecule has 3 nitrogen and oxygen atoms in total. The number of ether oxygens (including phenoxy) is 1. The number of aromatic nitrogens is 1. The molecule has 0 atom stereocenters. The molecule has 1 aromatic rings. The third-order valence-electron chi connectivity index (χ3n) is 2.74. The van der Waals surface area contributed by atoms with Crippen LogP contribution in [0.15, 0.2) is 0 Å². The molecule has 0 unspecified atom stereocenters. The topological polar surface area (TPSA) is 34.1 Å². The van der Waals surface area contributed by atoms with Crippen molar-refractivity contribution in [3.63, 3.8) is 0 Å². The summed E-state index contributed by atoms with van der Waals surface area (Å²) in [4.78, 5) is 5.68. The number of piperidine rings is 1. The van der Waals surface area contributed by atoms with Crippen molar-refractivity contribution in [1.29, 1.82) is 0 Å². The molecular formula is C11H18N2OS. The van der Waals surface area contributed by atoms with E-state index in [1.165, 1.54) is 4.88 Å². The lowest BCUT2D eigenvalue weighted by Gasteiger charge is -2.22. The molecule has 2 heterocycles. The molecule has 1 aliphatic heterocycles. The molecule has 0 saturated carbocycles.